The third-order valence-corrected chi connectivity index (χ3v) is 5.43. The van der Waals surface area contributed by atoms with E-state index < -0.39 is 10.0 Å². The van der Waals surface area contributed by atoms with Crippen molar-refractivity contribution in [2.45, 2.75) is 23.8 Å². The summed E-state index contributed by atoms with van der Waals surface area (Å²) in [5, 5.41) is 0. The molecule has 0 aromatic heterocycles. The van der Waals surface area contributed by atoms with E-state index in [-0.39, 0.29) is 10.9 Å². The second-order valence-electron chi connectivity index (χ2n) is 5.07. The number of hydrogen-bond acceptors (Lipinski definition) is 5. The van der Waals surface area contributed by atoms with Gasteiger partial charge in [0.15, 0.2) is 11.5 Å². The minimum atomic E-state index is -3.51. The lowest BCUT2D eigenvalue weighted by atomic mass is 10.1. The van der Waals surface area contributed by atoms with Gasteiger partial charge in [0.1, 0.15) is 13.2 Å². The average Bonchev–Trinajstić information content (AvgIpc) is 2.46. The van der Waals surface area contributed by atoms with Crippen molar-refractivity contribution < 1.29 is 17.9 Å². The molecular formula is C13H18N2O4S. The summed E-state index contributed by atoms with van der Waals surface area (Å²) in [6.07, 6.45) is 1.66. The fraction of sp³-hybridized carbons (Fsp3) is 0.538. The Labute approximate surface area is 118 Å². The highest BCUT2D eigenvalue weighted by atomic mass is 32.2. The number of rotatable bonds is 2. The van der Waals surface area contributed by atoms with Crippen LogP contribution in [0.2, 0.25) is 0 Å². The Morgan fingerprint density at radius 2 is 1.95 bits per heavy atom. The molecule has 2 aliphatic heterocycles. The molecule has 0 bridgehead atoms. The van der Waals surface area contributed by atoms with E-state index in [2.05, 4.69) is 0 Å². The van der Waals surface area contributed by atoms with Crippen molar-refractivity contribution in [3.63, 3.8) is 0 Å². The Morgan fingerprint density at radius 3 is 2.70 bits per heavy atom. The van der Waals surface area contributed by atoms with Crippen LogP contribution in [0.1, 0.15) is 12.8 Å². The Hall–Kier alpha value is -1.31. The van der Waals surface area contributed by atoms with E-state index in [1.807, 2.05) is 0 Å². The Kier molecular flexibility index (Phi) is 3.57. The van der Waals surface area contributed by atoms with E-state index in [1.165, 1.54) is 10.4 Å². The molecule has 1 unspecified atom stereocenters. The van der Waals surface area contributed by atoms with Crippen molar-refractivity contribution in [2.75, 3.05) is 26.3 Å². The van der Waals surface area contributed by atoms with Gasteiger partial charge in [-0.2, -0.15) is 4.31 Å². The second kappa shape index (κ2) is 5.23. The van der Waals surface area contributed by atoms with Gasteiger partial charge in [0.05, 0.1) is 4.90 Å². The lowest BCUT2D eigenvalue weighted by Crippen LogP contribution is -2.45. The van der Waals surface area contributed by atoms with Crippen molar-refractivity contribution in [3.05, 3.63) is 18.2 Å². The predicted molar refractivity (Wildman–Crippen MR) is 73.4 cm³/mol. The van der Waals surface area contributed by atoms with Gasteiger partial charge in [-0.15, -0.1) is 0 Å². The maximum Gasteiger partial charge on any atom is 0.243 e. The smallest absolute Gasteiger partial charge is 0.243 e. The van der Waals surface area contributed by atoms with Gasteiger partial charge >= 0.3 is 0 Å². The van der Waals surface area contributed by atoms with Gasteiger partial charge in [0.25, 0.3) is 0 Å². The number of hydrogen-bond donors (Lipinski definition) is 1. The molecule has 0 saturated carbocycles. The fourth-order valence-electron chi connectivity index (χ4n) is 2.53. The van der Waals surface area contributed by atoms with Crippen LogP contribution in [0.5, 0.6) is 11.5 Å². The molecule has 20 heavy (non-hydrogen) atoms. The number of nitrogens with zero attached hydrogens (tertiary/aromatic N) is 1. The molecule has 6 nitrogen and oxygen atoms in total. The fourth-order valence-corrected chi connectivity index (χ4v) is 4.08. The van der Waals surface area contributed by atoms with Crippen LogP contribution in [0.3, 0.4) is 0 Å². The van der Waals surface area contributed by atoms with E-state index in [4.69, 9.17) is 15.2 Å². The monoisotopic (exact) mass is 298 g/mol. The minimum absolute atomic E-state index is 0.0873. The molecular weight excluding hydrogens is 280 g/mol. The molecule has 1 fully saturated rings. The van der Waals surface area contributed by atoms with Gasteiger partial charge < -0.3 is 15.2 Å². The molecule has 0 spiro atoms. The Morgan fingerprint density at radius 1 is 1.20 bits per heavy atom. The first-order chi connectivity index (χ1) is 9.57. The van der Waals surface area contributed by atoms with Gasteiger partial charge in [0.2, 0.25) is 10.0 Å². The van der Waals surface area contributed by atoms with Crippen LogP contribution >= 0.6 is 0 Å². The maximum absolute atomic E-state index is 12.6. The summed E-state index contributed by atoms with van der Waals surface area (Å²) >= 11 is 0. The molecule has 0 aliphatic carbocycles. The molecule has 0 radical (unpaired) electrons. The van der Waals surface area contributed by atoms with Crippen LogP contribution in [-0.4, -0.2) is 45.1 Å². The standard InChI is InChI=1S/C13H18N2O4S/c14-10-2-1-5-15(9-10)20(16,17)11-3-4-12-13(8-11)19-7-6-18-12/h3-4,8,10H,1-2,5-7,9,14H2. The molecule has 1 aromatic rings. The summed E-state index contributed by atoms with van der Waals surface area (Å²) in [5.41, 5.74) is 5.86. The molecule has 110 valence electrons. The lowest BCUT2D eigenvalue weighted by molar-refractivity contribution is 0.171. The van der Waals surface area contributed by atoms with Crippen molar-refractivity contribution in [3.8, 4) is 11.5 Å². The number of piperidine rings is 1. The largest absolute Gasteiger partial charge is 0.486 e. The van der Waals surface area contributed by atoms with Crippen LogP contribution in [-0.2, 0) is 10.0 Å². The minimum Gasteiger partial charge on any atom is -0.486 e. The average molecular weight is 298 g/mol. The van der Waals surface area contributed by atoms with Gasteiger partial charge in [-0.05, 0) is 25.0 Å². The van der Waals surface area contributed by atoms with Crippen molar-refractivity contribution in [2.24, 2.45) is 5.73 Å². The summed E-state index contributed by atoms with van der Waals surface area (Å²) in [6, 6.07) is 4.65. The summed E-state index contributed by atoms with van der Waals surface area (Å²) < 4.78 is 37.5. The quantitative estimate of drug-likeness (QED) is 0.863. The van der Waals surface area contributed by atoms with Crippen LogP contribution in [0.25, 0.3) is 0 Å². The highest BCUT2D eigenvalue weighted by Gasteiger charge is 2.29. The van der Waals surface area contributed by atoms with Gasteiger partial charge in [0, 0.05) is 25.2 Å². The highest BCUT2D eigenvalue weighted by Crippen LogP contribution is 2.33. The molecule has 3 rings (SSSR count). The number of nitrogens with two attached hydrogens (primary N) is 1. The zero-order valence-electron chi connectivity index (χ0n) is 11.1. The highest BCUT2D eigenvalue weighted by molar-refractivity contribution is 7.89. The second-order valence-corrected chi connectivity index (χ2v) is 7.01. The molecule has 2 N–H and O–H groups in total. The van der Waals surface area contributed by atoms with Crippen LogP contribution < -0.4 is 15.2 Å². The maximum atomic E-state index is 12.6. The number of fused-ring (bicyclic) bond motifs is 1. The van der Waals surface area contributed by atoms with Crippen LogP contribution in [0.15, 0.2) is 23.1 Å². The molecule has 0 amide bonds. The van der Waals surface area contributed by atoms with Gasteiger partial charge in [-0.1, -0.05) is 0 Å². The molecule has 2 heterocycles. The molecule has 7 heteroatoms. The first-order valence-corrected chi connectivity index (χ1v) is 8.17. The van der Waals surface area contributed by atoms with E-state index >= 15 is 0 Å². The lowest BCUT2D eigenvalue weighted by Gasteiger charge is -2.30. The molecule has 1 atom stereocenters. The number of sulfonamides is 1. The van der Waals surface area contributed by atoms with Gasteiger partial charge in [-0.3, -0.25) is 0 Å². The van der Waals surface area contributed by atoms with Gasteiger partial charge in [-0.25, -0.2) is 8.42 Å². The first kappa shape index (κ1) is 13.7. The molecule has 1 aromatic carbocycles. The summed E-state index contributed by atoms with van der Waals surface area (Å²) in [7, 11) is -3.51. The van der Waals surface area contributed by atoms with Crippen molar-refractivity contribution in [1.82, 2.24) is 4.31 Å². The zero-order valence-corrected chi connectivity index (χ0v) is 11.9. The zero-order chi connectivity index (χ0) is 14.2. The van der Waals surface area contributed by atoms with Crippen LogP contribution in [0, 0.1) is 0 Å². The SMILES string of the molecule is NC1CCCN(S(=O)(=O)c2ccc3c(c2)OCCO3)C1. The molecule has 1 saturated heterocycles. The summed E-state index contributed by atoms with van der Waals surface area (Å²) in [6.45, 7) is 1.81. The molecule has 2 aliphatic rings. The first-order valence-electron chi connectivity index (χ1n) is 6.73. The Bertz CT molecular complexity index is 602. The van der Waals surface area contributed by atoms with Crippen molar-refractivity contribution >= 4 is 10.0 Å². The Balaban J connectivity index is 1.90. The summed E-state index contributed by atoms with van der Waals surface area (Å²) in [5.74, 6) is 1.07. The summed E-state index contributed by atoms with van der Waals surface area (Å²) in [4.78, 5) is 0.232. The third kappa shape index (κ3) is 2.48. The normalized spacial score (nSPS) is 23.6. The topological polar surface area (TPSA) is 81.9 Å². The van der Waals surface area contributed by atoms with Crippen molar-refractivity contribution in [1.29, 1.82) is 0 Å². The van der Waals surface area contributed by atoms with E-state index in [1.54, 1.807) is 12.1 Å². The van der Waals surface area contributed by atoms with E-state index in [0.29, 0.717) is 37.8 Å². The predicted octanol–water partition coefficient (Wildman–Crippen LogP) is 0.570. The van der Waals surface area contributed by atoms with E-state index in [0.717, 1.165) is 12.8 Å². The number of ether oxygens (including phenoxy) is 2. The number of benzene rings is 1. The third-order valence-electron chi connectivity index (χ3n) is 3.57. The van der Waals surface area contributed by atoms with E-state index in [9.17, 15) is 8.42 Å². The van der Waals surface area contributed by atoms with Crippen LogP contribution in [0.4, 0.5) is 0 Å².